The van der Waals surface area contributed by atoms with E-state index in [2.05, 4.69) is 4.98 Å². The molecule has 2 amide bonds. The van der Waals surface area contributed by atoms with Gasteiger partial charge in [-0.15, -0.1) is 0 Å². The molecule has 0 atom stereocenters. The number of amides is 2. The maximum atomic E-state index is 12.8. The number of hydrogen-bond acceptors (Lipinski definition) is 5. The van der Waals surface area contributed by atoms with Gasteiger partial charge in [-0.3, -0.25) is 23.9 Å². The molecule has 1 saturated heterocycles. The van der Waals surface area contributed by atoms with Crippen LogP contribution in [0.5, 0.6) is 0 Å². The Morgan fingerprint density at radius 3 is 2.72 bits per heavy atom. The van der Waals surface area contributed by atoms with Crippen molar-refractivity contribution in [3.63, 3.8) is 0 Å². The molecular weight excluding hydrogens is 338 g/mol. The molecule has 0 saturated carbocycles. The Hall–Kier alpha value is -2.15. The summed E-state index contributed by atoms with van der Waals surface area (Å²) in [4.78, 5) is 42.7. The number of hydrogen-bond donors (Lipinski definition) is 0. The van der Waals surface area contributed by atoms with E-state index in [0.717, 1.165) is 6.42 Å². The van der Waals surface area contributed by atoms with Gasteiger partial charge >= 0.3 is 0 Å². The summed E-state index contributed by atoms with van der Waals surface area (Å²) < 4.78 is 1.64. The van der Waals surface area contributed by atoms with Crippen LogP contribution in [0.3, 0.4) is 0 Å². The molecule has 0 aliphatic carbocycles. The van der Waals surface area contributed by atoms with Crippen LogP contribution in [-0.4, -0.2) is 38.6 Å². The van der Waals surface area contributed by atoms with Crippen molar-refractivity contribution in [2.75, 3.05) is 12.3 Å². The highest BCUT2D eigenvalue weighted by Crippen LogP contribution is 2.20. The summed E-state index contributed by atoms with van der Waals surface area (Å²) in [6.45, 7) is 5.09. The molecule has 25 heavy (non-hydrogen) atoms. The Morgan fingerprint density at radius 1 is 1.28 bits per heavy atom. The Bertz CT molecular complexity index is 875. The van der Waals surface area contributed by atoms with E-state index in [4.69, 9.17) is 0 Å². The molecule has 2 heterocycles. The van der Waals surface area contributed by atoms with Crippen LogP contribution < -0.4 is 5.56 Å². The molecule has 1 fully saturated rings. The minimum absolute atomic E-state index is 0.0912. The fourth-order valence-electron chi connectivity index (χ4n) is 2.90. The zero-order chi connectivity index (χ0) is 18.0. The van der Waals surface area contributed by atoms with Gasteiger partial charge in [0.05, 0.1) is 16.7 Å². The molecule has 0 radical (unpaired) electrons. The molecule has 132 valence electrons. The van der Waals surface area contributed by atoms with Gasteiger partial charge in [0.1, 0.15) is 0 Å². The van der Waals surface area contributed by atoms with Crippen LogP contribution >= 0.6 is 11.8 Å². The minimum atomic E-state index is -0.217. The quantitative estimate of drug-likeness (QED) is 0.605. The maximum Gasteiger partial charge on any atom is 0.262 e. The minimum Gasteiger partial charge on any atom is -0.287 e. The van der Waals surface area contributed by atoms with Crippen LogP contribution in [0.25, 0.3) is 10.9 Å². The molecule has 3 rings (SSSR count). The van der Waals surface area contributed by atoms with E-state index in [1.165, 1.54) is 16.7 Å². The lowest BCUT2D eigenvalue weighted by Gasteiger charge is -2.16. The lowest BCUT2D eigenvalue weighted by Crippen LogP contribution is -2.33. The molecule has 0 spiro atoms. The first kappa shape index (κ1) is 17.7. The molecule has 2 aromatic rings. The normalized spacial score (nSPS) is 14.7. The number of rotatable bonds is 5. The van der Waals surface area contributed by atoms with Gasteiger partial charge in [-0.1, -0.05) is 37.7 Å². The van der Waals surface area contributed by atoms with Gasteiger partial charge in [0.15, 0.2) is 5.16 Å². The SMILES string of the molecule is CC(C)Cn1c(SCC(=O)N2CCCC2=O)nc2ccccc2c1=O. The van der Waals surface area contributed by atoms with Crippen LogP contribution in [-0.2, 0) is 16.1 Å². The topological polar surface area (TPSA) is 72.3 Å². The van der Waals surface area contributed by atoms with Crippen molar-refractivity contribution in [1.82, 2.24) is 14.5 Å². The van der Waals surface area contributed by atoms with Crippen molar-refractivity contribution in [3.8, 4) is 0 Å². The first-order valence-corrected chi connectivity index (χ1v) is 9.41. The van der Waals surface area contributed by atoms with E-state index in [9.17, 15) is 14.4 Å². The fourth-order valence-corrected chi connectivity index (χ4v) is 3.78. The first-order valence-electron chi connectivity index (χ1n) is 8.43. The Kier molecular flexibility index (Phi) is 5.22. The fraction of sp³-hybridized carbons (Fsp3) is 0.444. The molecule has 0 unspecified atom stereocenters. The highest BCUT2D eigenvalue weighted by Gasteiger charge is 2.26. The number of thioether (sulfide) groups is 1. The number of aromatic nitrogens is 2. The van der Waals surface area contributed by atoms with E-state index < -0.39 is 0 Å². The van der Waals surface area contributed by atoms with Crippen molar-refractivity contribution in [2.24, 2.45) is 5.92 Å². The number of benzene rings is 1. The van der Waals surface area contributed by atoms with Gasteiger partial charge in [-0.05, 0) is 24.5 Å². The summed E-state index contributed by atoms with van der Waals surface area (Å²) in [5.41, 5.74) is 0.534. The average Bonchev–Trinajstić information content (AvgIpc) is 3.01. The van der Waals surface area contributed by atoms with E-state index in [-0.39, 0.29) is 29.0 Å². The summed E-state index contributed by atoms with van der Waals surface area (Å²) in [7, 11) is 0. The van der Waals surface area contributed by atoms with E-state index in [1.54, 1.807) is 16.7 Å². The van der Waals surface area contributed by atoms with Gasteiger partial charge in [-0.25, -0.2) is 4.98 Å². The molecule has 7 heteroatoms. The van der Waals surface area contributed by atoms with Crippen molar-refractivity contribution in [3.05, 3.63) is 34.6 Å². The van der Waals surface area contributed by atoms with E-state index in [1.807, 2.05) is 26.0 Å². The molecule has 1 aromatic heterocycles. The molecule has 6 nitrogen and oxygen atoms in total. The van der Waals surface area contributed by atoms with Gasteiger partial charge in [0.25, 0.3) is 5.56 Å². The summed E-state index contributed by atoms with van der Waals surface area (Å²) in [6, 6.07) is 7.22. The van der Waals surface area contributed by atoms with Crippen LogP contribution in [0.2, 0.25) is 0 Å². The van der Waals surface area contributed by atoms with Crippen molar-refractivity contribution < 1.29 is 9.59 Å². The Labute approximate surface area is 150 Å². The second-order valence-corrected chi connectivity index (χ2v) is 7.49. The molecule has 0 N–H and O–H groups in total. The lowest BCUT2D eigenvalue weighted by molar-refractivity contribution is -0.140. The number of carbonyl (C=O) groups is 2. The zero-order valence-electron chi connectivity index (χ0n) is 14.4. The first-order chi connectivity index (χ1) is 12.0. The van der Waals surface area contributed by atoms with Crippen molar-refractivity contribution in [2.45, 2.75) is 38.4 Å². The summed E-state index contributed by atoms with van der Waals surface area (Å²) in [5, 5.41) is 1.10. The standard InChI is InChI=1S/C18H21N3O3S/c1-12(2)10-21-17(24)13-6-3-4-7-14(13)19-18(21)25-11-16(23)20-9-5-8-15(20)22/h3-4,6-7,12H,5,8-11H2,1-2H3. The Morgan fingerprint density at radius 2 is 2.04 bits per heavy atom. The smallest absolute Gasteiger partial charge is 0.262 e. The van der Waals surface area contributed by atoms with E-state index >= 15 is 0 Å². The number of nitrogens with zero attached hydrogens (tertiary/aromatic N) is 3. The highest BCUT2D eigenvalue weighted by molar-refractivity contribution is 7.99. The molecule has 1 aliphatic heterocycles. The van der Waals surface area contributed by atoms with E-state index in [0.29, 0.717) is 35.6 Å². The second kappa shape index (κ2) is 7.39. The van der Waals surface area contributed by atoms with Crippen molar-refractivity contribution >= 4 is 34.5 Å². The number of carbonyl (C=O) groups excluding carboxylic acids is 2. The Balaban J connectivity index is 1.90. The monoisotopic (exact) mass is 359 g/mol. The predicted molar refractivity (Wildman–Crippen MR) is 97.5 cm³/mol. The second-order valence-electron chi connectivity index (χ2n) is 6.55. The summed E-state index contributed by atoms with van der Waals surface area (Å²) in [5.74, 6) is 0.0488. The van der Waals surface area contributed by atoms with Crippen molar-refractivity contribution in [1.29, 1.82) is 0 Å². The number of likely N-dealkylation sites (tertiary alicyclic amines) is 1. The molecule has 1 aliphatic rings. The maximum absolute atomic E-state index is 12.8. The molecule has 1 aromatic carbocycles. The lowest BCUT2D eigenvalue weighted by atomic mass is 10.2. The van der Waals surface area contributed by atoms with Gasteiger partial charge in [0, 0.05) is 19.5 Å². The molecular formula is C18H21N3O3S. The number of imide groups is 1. The number of fused-ring (bicyclic) bond motifs is 1. The number of para-hydroxylation sites is 1. The third kappa shape index (κ3) is 3.76. The third-order valence-electron chi connectivity index (χ3n) is 4.07. The van der Waals surface area contributed by atoms with Gasteiger partial charge in [0.2, 0.25) is 11.8 Å². The van der Waals surface area contributed by atoms with Crippen LogP contribution in [0.1, 0.15) is 26.7 Å². The van der Waals surface area contributed by atoms with Gasteiger partial charge in [-0.2, -0.15) is 0 Å². The van der Waals surface area contributed by atoms with Crippen LogP contribution in [0, 0.1) is 5.92 Å². The zero-order valence-corrected chi connectivity index (χ0v) is 15.2. The highest BCUT2D eigenvalue weighted by atomic mass is 32.2. The summed E-state index contributed by atoms with van der Waals surface area (Å²) in [6.07, 6.45) is 1.16. The van der Waals surface area contributed by atoms with Gasteiger partial charge < -0.3 is 0 Å². The van der Waals surface area contributed by atoms with Crippen LogP contribution in [0.15, 0.2) is 34.2 Å². The summed E-state index contributed by atoms with van der Waals surface area (Å²) >= 11 is 1.22. The van der Waals surface area contributed by atoms with Crippen LogP contribution in [0.4, 0.5) is 0 Å². The average molecular weight is 359 g/mol. The molecule has 0 bridgehead atoms. The predicted octanol–water partition coefficient (Wildman–Crippen LogP) is 2.29. The third-order valence-corrected chi connectivity index (χ3v) is 5.03. The largest absolute Gasteiger partial charge is 0.287 e.